The Morgan fingerprint density at radius 3 is 2.92 bits per heavy atom. The number of hydrogen-bond donors (Lipinski definition) is 1. The molecule has 0 saturated heterocycles. The van der Waals surface area contributed by atoms with Gasteiger partial charge in [0.15, 0.2) is 0 Å². The molecule has 13 heavy (non-hydrogen) atoms. The predicted octanol–water partition coefficient (Wildman–Crippen LogP) is 0.280. The van der Waals surface area contributed by atoms with Crippen molar-refractivity contribution in [3.63, 3.8) is 0 Å². The lowest BCUT2D eigenvalue weighted by Crippen LogP contribution is -2.22. The van der Waals surface area contributed by atoms with E-state index in [1.165, 1.54) is 10.7 Å². The van der Waals surface area contributed by atoms with E-state index in [2.05, 4.69) is 17.3 Å². The van der Waals surface area contributed by atoms with Crippen molar-refractivity contribution >= 4 is 0 Å². The zero-order chi connectivity index (χ0) is 9.68. The second-order valence-corrected chi connectivity index (χ2v) is 2.96. The monoisotopic (exact) mass is 181 g/mol. The summed E-state index contributed by atoms with van der Waals surface area (Å²) in [5.41, 5.74) is 0.829. The third-order valence-electron chi connectivity index (χ3n) is 1.75. The molecule has 0 aromatic carbocycles. The van der Waals surface area contributed by atoms with E-state index in [1.807, 2.05) is 0 Å². The number of aryl methyl sites for hydroxylation is 1. The highest BCUT2D eigenvalue weighted by atomic mass is 16.1. The van der Waals surface area contributed by atoms with E-state index in [0.29, 0.717) is 0 Å². The molecule has 0 saturated carbocycles. The molecule has 0 atom stereocenters. The van der Waals surface area contributed by atoms with E-state index < -0.39 is 0 Å². The van der Waals surface area contributed by atoms with Crippen LogP contribution in [0.25, 0.3) is 0 Å². The minimum absolute atomic E-state index is 0.0701. The normalized spacial score (nSPS) is 10.3. The van der Waals surface area contributed by atoms with E-state index in [4.69, 9.17) is 0 Å². The minimum atomic E-state index is -0.0701. The van der Waals surface area contributed by atoms with Crippen molar-refractivity contribution in [2.24, 2.45) is 7.05 Å². The summed E-state index contributed by atoms with van der Waals surface area (Å²) in [6.07, 6.45) is 1.10. The molecule has 1 N–H and O–H groups in total. The average Bonchev–Trinajstić information content (AvgIpc) is 2.12. The van der Waals surface area contributed by atoms with Gasteiger partial charge in [-0.2, -0.15) is 5.10 Å². The third kappa shape index (κ3) is 2.99. The third-order valence-corrected chi connectivity index (χ3v) is 1.75. The summed E-state index contributed by atoms with van der Waals surface area (Å²) < 4.78 is 1.35. The summed E-state index contributed by atoms with van der Waals surface area (Å²) in [5.74, 6) is 0. The Hall–Kier alpha value is -1.16. The number of nitrogens with one attached hydrogen (secondary N) is 1. The van der Waals surface area contributed by atoms with Crippen molar-refractivity contribution < 1.29 is 0 Å². The first kappa shape index (κ1) is 9.92. The Morgan fingerprint density at radius 1 is 1.54 bits per heavy atom. The van der Waals surface area contributed by atoms with Gasteiger partial charge in [0, 0.05) is 19.7 Å². The average molecular weight is 181 g/mol. The highest BCUT2D eigenvalue weighted by molar-refractivity contribution is 4.99. The van der Waals surface area contributed by atoms with Crippen molar-refractivity contribution in [2.45, 2.75) is 19.9 Å². The molecule has 1 aromatic rings. The first-order valence-corrected chi connectivity index (χ1v) is 4.48. The number of rotatable bonds is 4. The molecule has 4 nitrogen and oxygen atoms in total. The number of nitrogens with zero attached hydrogens (tertiary/aromatic N) is 2. The topological polar surface area (TPSA) is 46.9 Å². The van der Waals surface area contributed by atoms with Gasteiger partial charge in [-0.1, -0.05) is 6.92 Å². The summed E-state index contributed by atoms with van der Waals surface area (Å²) in [4.78, 5) is 11.0. The zero-order valence-electron chi connectivity index (χ0n) is 8.08. The number of hydrogen-bond acceptors (Lipinski definition) is 3. The van der Waals surface area contributed by atoms with E-state index >= 15 is 0 Å². The summed E-state index contributed by atoms with van der Waals surface area (Å²) in [5, 5.41) is 7.31. The van der Waals surface area contributed by atoms with Gasteiger partial charge in [0.1, 0.15) is 0 Å². The molecule has 72 valence electrons. The van der Waals surface area contributed by atoms with Crippen LogP contribution in [0.4, 0.5) is 0 Å². The molecule has 0 radical (unpaired) electrons. The highest BCUT2D eigenvalue weighted by Gasteiger charge is 1.95. The minimum Gasteiger partial charge on any atom is -0.311 e. The zero-order valence-corrected chi connectivity index (χ0v) is 8.08. The first-order chi connectivity index (χ1) is 6.24. The van der Waals surface area contributed by atoms with Crippen molar-refractivity contribution in [3.8, 4) is 0 Å². The molecule has 1 aromatic heterocycles. The Labute approximate surface area is 77.6 Å². The molecule has 0 aliphatic carbocycles. The molecule has 0 amide bonds. The molecule has 0 aliphatic heterocycles. The van der Waals surface area contributed by atoms with Gasteiger partial charge >= 0.3 is 0 Å². The van der Waals surface area contributed by atoms with Crippen LogP contribution in [-0.4, -0.2) is 16.3 Å². The van der Waals surface area contributed by atoms with Gasteiger partial charge in [-0.05, 0) is 19.0 Å². The van der Waals surface area contributed by atoms with Crippen LogP contribution in [-0.2, 0) is 13.6 Å². The van der Waals surface area contributed by atoms with Crippen LogP contribution in [0.1, 0.15) is 19.0 Å². The molecule has 4 heteroatoms. The fraction of sp³-hybridized carbons (Fsp3) is 0.556. The Bertz CT molecular complexity index is 319. The maximum atomic E-state index is 11.0. The van der Waals surface area contributed by atoms with Gasteiger partial charge in [0.2, 0.25) is 0 Å². The number of aromatic nitrogens is 2. The van der Waals surface area contributed by atoms with Crippen molar-refractivity contribution in [3.05, 3.63) is 28.2 Å². The molecule has 0 aliphatic rings. The van der Waals surface area contributed by atoms with Crippen LogP contribution in [0.2, 0.25) is 0 Å². The van der Waals surface area contributed by atoms with Gasteiger partial charge in [-0.25, -0.2) is 4.68 Å². The maximum absolute atomic E-state index is 11.0. The maximum Gasteiger partial charge on any atom is 0.266 e. The summed E-state index contributed by atoms with van der Waals surface area (Å²) >= 11 is 0. The fourth-order valence-electron chi connectivity index (χ4n) is 1.04. The second kappa shape index (κ2) is 4.77. The molecule has 1 rings (SSSR count). The lowest BCUT2D eigenvalue weighted by molar-refractivity contribution is 0.619. The van der Waals surface area contributed by atoms with Crippen LogP contribution in [0.15, 0.2) is 16.9 Å². The van der Waals surface area contributed by atoms with Crippen LogP contribution in [0, 0.1) is 0 Å². The van der Waals surface area contributed by atoms with Crippen molar-refractivity contribution in [1.29, 1.82) is 0 Å². The van der Waals surface area contributed by atoms with E-state index in [9.17, 15) is 4.79 Å². The lowest BCUT2D eigenvalue weighted by atomic mass is 10.4. The van der Waals surface area contributed by atoms with E-state index in [-0.39, 0.29) is 5.56 Å². The van der Waals surface area contributed by atoms with Gasteiger partial charge < -0.3 is 5.32 Å². The molecule has 0 spiro atoms. The summed E-state index contributed by atoms with van der Waals surface area (Å²) in [7, 11) is 1.66. The van der Waals surface area contributed by atoms with Gasteiger partial charge in [0.25, 0.3) is 5.56 Å². The molecule has 1 heterocycles. The Balaban J connectivity index is 2.58. The first-order valence-electron chi connectivity index (χ1n) is 4.48. The molecular weight excluding hydrogens is 166 g/mol. The van der Waals surface area contributed by atoms with Crippen molar-refractivity contribution in [1.82, 2.24) is 15.1 Å². The smallest absolute Gasteiger partial charge is 0.266 e. The standard InChI is InChI=1S/C9H15N3O/c1-3-6-10-7-8-4-5-9(13)12(2)11-8/h4-5,10H,3,6-7H2,1-2H3. The SMILES string of the molecule is CCCNCc1ccc(=O)n(C)n1. The Morgan fingerprint density at radius 2 is 2.31 bits per heavy atom. The quantitative estimate of drug-likeness (QED) is 0.679. The second-order valence-electron chi connectivity index (χ2n) is 2.96. The molecule has 0 unspecified atom stereocenters. The highest BCUT2D eigenvalue weighted by Crippen LogP contribution is 1.88. The largest absolute Gasteiger partial charge is 0.311 e. The van der Waals surface area contributed by atoms with Crippen LogP contribution in [0.5, 0.6) is 0 Å². The summed E-state index contributed by atoms with van der Waals surface area (Å²) in [6, 6.07) is 3.29. The van der Waals surface area contributed by atoms with Gasteiger partial charge in [-0.15, -0.1) is 0 Å². The molecule has 0 bridgehead atoms. The predicted molar refractivity (Wildman–Crippen MR) is 51.5 cm³/mol. The fourth-order valence-corrected chi connectivity index (χ4v) is 1.04. The van der Waals surface area contributed by atoms with E-state index in [0.717, 1.165) is 25.2 Å². The molecular formula is C9H15N3O. The van der Waals surface area contributed by atoms with Crippen LogP contribution >= 0.6 is 0 Å². The van der Waals surface area contributed by atoms with Crippen LogP contribution in [0.3, 0.4) is 0 Å². The van der Waals surface area contributed by atoms with Gasteiger partial charge in [-0.3, -0.25) is 4.79 Å². The van der Waals surface area contributed by atoms with E-state index in [1.54, 1.807) is 13.1 Å². The van der Waals surface area contributed by atoms with Crippen molar-refractivity contribution in [2.75, 3.05) is 6.54 Å². The van der Waals surface area contributed by atoms with Gasteiger partial charge in [0.05, 0.1) is 5.69 Å². The molecule has 0 fully saturated rings. The lowest BCUT2D eigenvalue weighted by Gasteiger charge is -2.03. The summed E-state index contributed by atoms with van der Waals surface area (Å²) in [6.45, 7) is 3.81. The Kier molecular flexibility index (Phi) is 3.64. The van der Waals surface area contributed by atoms with Crippen LogP contribution < -0.4 is 10.9 Å².